The topological polar surface area (TPSA) is 84.9 Å². The number of hydrogen-bond acceptors (Lipinski definition) is 6. The molecule has 1 unspecified atom stereocenters. The van der Waals surface area contributed by atoms with Crippen LogP contribution in [0.25, 0.3) is 0 Å². The largest absolute Gasteiger partial charge is 0.586 e. The van der Waals surface area contributed by atoms with Gasteiger partial charge in [-0.1, -0.05) is 30.3 Å². The second-order valence-electron chi connectivity index (χ2n) is 6.82. The Morgan fingerprint density at radius 2 is 1.69 bits per heavy atom. The molecule has 1 N–H and O–H groups in total. The van der Waals surface area contributed by atoms with Crippen molar-refractivity contribution in [3.8, 4) is 11.5 Å². The molecule has 2 aliphatic heterocycles. The van der Waals surface area contributed by atoms with Crippen LogP contribution in [0.15, 0.2) is 48.5 Å². The summed E-state index contributed by atoms with van der Waals surface area (Å²) in [7, 11) is -3.11. The average molecular weight is 424 g/mol. The van der Waals surface area contributed by atoms with E-state index in [2.05, 4.69) is 14.8 Å². The van der Waals surface area contributed by atoms with Crippen LogP contribution in [0.5, 0.6) is 11.5 Å². The highest BCUT2D eigenvalue weighted by atomic mass is 32.2. The van der Waals surface area contributed by atoms with E-state index >= 15 is 0 Å². The highest BCUT2D eigenvalue weighted by molar-refractivity contribution is 7.91. The molecule has 0 aliphatic carbocycles. The van der Waals surface area contributed by atoms with Crippen LogP contribution in [0.1, 0.15) is 11.6 Å². The van der Waals surface area contributed by atoms with Crippen molar-refractivity contribution in [1.29, 1.82) is 0 Å². The second-order valence-corrected chi connectivity index (χ2v) is 9.12. The van der Waals surface area contributed by atoms with E-state index in [0.29, 0.717) is 5.56 Å². The molecule has 7 nitrogen and oxygen atoms in total. The van der Waals surface area contributed by atoms with Crippen molar-refractivity contribution < 1.29 is 31.5 Å². The lowest BCUT2D eigenvalue weighted by molar-refractivity contribution is -0.286. The van der Waals surface area contributed by atoms with Crippen molar-refractivity contribution in [2.75, 3.05) is 29.9 Å². The number of hydrogen-bond donors (Lipinski definition) is 1. The van der Waals surface area contributed by atoms with Gasteiger partial charge in [0.1, 0.15) is 6.04 Å². The number of carbonyl (C=O) groups excluding carboxylic acids is 1. The van der Waals surface area contributed by atoms with Crippen molar-refractivity contribution >= 4 is 21.4 Å². The number of anilines is 1. The van der Waals surface area contributed by atoms with Gasteiger partial charge in [-0.15, -0.1) is 8.78 Å². The highest BCUT2D eigenvalue weighted by Gasteiger charge is 2.43. The lowest BCUT2D eigenvalue weighted by Crippen LogP contribution is -2.46. The zero-order valence-electron chi connectivity index (χ0n) is 15.2. The number of sulfone groups is 1. The maximum Gasteiger partial charge on any atom is 0.586 e. The minimum absolute atomic E-state index is 0.0251. The number of fused-ring (bicyclic) bond motifs is 1. The number of ether oxygens (including phenoxy) is 2. The molecule has 1 amide bonds. The molecule has 154 valence electrons. The fourth-order valence-corrected chi connectivity index (χ4v) is 4.61. The van der Waals surface area contributed by atoms with Crippen LogP contribution in [0.3, 0.4) is 0 Å². The first-order chi connectivity index (χ1) is 13.7. The van der Waals surface area contributed by atoms with Crippen LogP contribution >= 0.6 is 0 Å². The highest BCUT2D eigenvalue weighted by Crippen LogP contribution is 2.42. The summed E-state index contributed by atoms with van der Waals surface area (Å²) in [4.78, 5) is 14.9. The van der Waals surface area contributed by atoms with Crippen molar-refractivity contribution in [3.05, 3.63) is 54.1 Å². The first-order valence-corrected chi connectivity index (χ1v) is 10.7. The van der Waals surface area contributed by atoms with Crippen molar-refractivity contribution in [2.45, 2.75) is 12.3 Å². The molecule has 2 heterocycles. The third-order valence-electron chi connectivity index (χ3n) is 4.78. The van der Waals surface area contributed by atoms with Gasteiger partial charge in [0.2, 0.25) is 5.91 Å². The fraction of sp³-hybridized carbons (Fsp3) is 0.316. The normalized spacial score (nSPS) is 20.8. The van der Waals surface area contributed by atoms with E-state index in [4.69, 9.17) is 0 Å². The van der Waals surface area contributed by atoms with Crippen LogP contribution in [0, 0.1) is 0 Å². The first-order valence-electron chi connectivity index (χ1n) is 8.93. The van der Waals surface area contributed by atoms with Gasteiger partial charge < -0.3 is 14.8 Å². The molecule has 29 heavy (non-hydrogen) atoms. The monoisotopic (exact) mass is 424 g/mol. The van der Waals surface area contributed by atoms with Gasteiger partial charge in [-0.05, 0) is 17.7 Å². The fourth-order valence-electron chi connectivity index (χ4n) is 3.39. The Labute approximate surface area is 166 Å². The van der Waals surface area contributed by atoms with Crippen LogP contribution in [0.4, 0.5) is 14.5 Å². The summed E-state index contributed by atoms with van der Waals surface area (Å²) in [5, 5.41) is 2.71. The van der Waals surface area contributed by atoms with E-state index in [0.717, 1.165) is 0 Å². The predicted octanol–water partition coefficient (Wildman–Crippen LogP) is 2.42. The lowest BCUT2D eigenvalue weighted by atomic mass is 10.0. The van der Waals surface area contributed by atoms with Gasteiger partial charge in [-0.2, -0.15) is 0 Å². The maximum absolute atomic E-state index is 13.2. The molecule has 0 spiro atoms. The molecule has 2 aromatic rings. The van der Waals surface area contributed by atoms with E-state index in [9.17, 15) is 22.0 Å². The summed E-state index contributed by atoms with van der Waals surface area (Å²) in [5.41, 5.74) is 0.970. The molecule has 10 heteroatoms. The third kappa shape index (κ3) is 4.33. The Morgan fingerprint density at radius 1 is 1.03 bits per heavy atom. The standard InChI is InChI=1S/C19H18F2N2O5S/c20-19(21)27-15-7-6-14(12-16(15)28-19)22-18(24)17(13-4-2-1-3-5-13)23-8-10-29(25,26)11-9-23/h1-7,12,17H,8-11H2,(H,22,24). The SMILES string of the molecule is O=C(Nc1ccc2c(c1)OC(F)(F)O2)C(c1ccccc1)N1CCS(=O)(=O)CC1. The molecule has 2 aromatic carbocycles. The van der Waals surface area contributed by atoms with Gasteiger partial charge in [0.05, 0.1) is 11.5 Å². The first kappa shape index (κ1) is 19.6. The molecule has 1 saturated heterocycles. The molecule has 0 saturated carbocycles. The van der Waals surface area contributed by atoms with Gasteiger partial charge in [-0.3, -0.25) is 9.69 Å². The quantitative estimate of drug-likeness (QED) is 0.812. The Bertz CT molecular complexity index is 1020. The molecule has 1 fully saturated rings. The number of nitrogens with one attached hydrogen (secondary N) is 1. The van der Waals surface area contributed by atoms with E-state index in [-0.39, 0.29) is 41.8 Å². The molecule has 1 atom stereocenters. The summed E-state index contributed by atoms with van der Waals surface area (Å²) in [6.45, 7) is 0.450. The number of halogens is 2. The second kappa shape index (κ2) is 7.27. The van der Waals surface area contributed by atoms with Gasteiger partial charge in [0.15, 0.2) is 21.3 Å². The van der Waals surface area contributed by atoms with E-state index < -0.39 is 28.1 Å². The zero-order valence-corrected chi connectivity index (χ0v) is 16.0. The lowest BCUT2D eigenvalue weighted by Gasteiger charge is -2.33. The summed E-state index contributed by atoms with van der Waals surface area (Å²) >= 11 is 0. The van der Waals surface area contributed by atoms with Gasteiger partial charge in [0.25, 0.3) is 0 Å². The summed E-state index contributed by atoms with van der Waals surface area (Å²) in [6, 6.07) is 12.2. The Balaban J connectivity index is 1.56. The van der Waals surface area contributed by atoms with E-state index in [1.165, 1.54) is 18.2 Å². The maximum atomic E-state index is 13.2. The summed E-state index contributed by atoms with van der Waals surface area (Å²) in [6.07, 6.45) is -3.74. The van der Waals surface area contributed by atoms with E-state index in [1.807, 2.05) is 6.07 Å². The molecule has 2 aliphatic rings. The van der Waals surface area contributed by atoms with Crippen LogP contribution in [0.2, 0.25) is 0 Å². The summed E-state index contributed by atoms with van der Waals surface area (Å²) in [5.74, 6) is -0.742. The van der Waals surface area contributed by atoms with Crippen LogP contribution in [-0.2, 0) is 14.6 Å². The number of nitrogens with zero attached hydrogens (tertiary/aromatic N) is 1. The Hall–Kier alpha value is -2.72. The van der Waals surface area contributed by atoms with Crippen LogP contribution < -0.4 is 14.8 Å². The average Bonchev–Trinajstić information content (AvgIpc) is 2.97. The van der Waals surface area contributed by atoms with Crippen molar-refractivity contribution in [1.82, 2.24) is 4.90 Å². The number of carbonyl (C=O) groups is 1. The minimum Gasteiger partial charge on any atom is -0.395 e. The number of benzene rings is 2. The van der Waals surface area contributed by atoms with Gasteiger partial charge in [-0.25, -0.2) is 8.42 Å². The minimum atomic E-state index is -3.74. The van der Waals surface area contributed by atoms with E-state index in [1.54, 1.807) is 29.2 Å². The van der Waals surface area contributed by atoms with Gasteiger partial charge >= 0.3 is 6.29 Å². The third-order valence-corrected chi connectivity index (χ3v) is 6.39. The molecule has 0 aromatic heterocycles. The van der Waals surface area contributed by atoms with Gasteiger partial charge in [0, 0.05) is 24.8 Å². The Morgan fingerprint density at radius 3 is 2.38 bits per heavy atom. The number of alkyl halides is 2. The molecular weight excluding hydrogens is 406 g/mol. The molecule has 0 bridgehead atoms. The van der Waals surface area contributed by atoms with Crippen molar-refractivity contribution in [2.24, 2.45) is 0 Å². The molecule has 4 rings (SSSR count). The zero-order chi connectivity index (χ0) is 20.6. The van der Waals surface area contributed by atoms with Crippen LogP contribution in [-0.4, -0.2) is 50.1 Å². The Kier molecular flexibility index (Phi) is 4.91. The number of rotatable bonds is 4. The smallest absolute Gasteiger partial charge is 0.395 e. The molecular formula is C19H18F2N2O5S. The van der Waals surface area contributed by atoms with Crippen molar-refractivity contribution in [3.63, 3.8) is 0 Å². The predicted molar refractivity (Wildman–Crippen MR) is 101 cm³/mol. The molecule has 0 radical (unpaired) electrons. The summed E-state index contributed by atoms with van der Waals surface area (Å²) < 4.78 is 58.7. The number of amides is 1.